The van der Waals surface area contributed by atoms with Gasteiger partial charge in [0.25, 0.3) is 0 Å². The third-order valence-corrected chi connectivity index (χ3v) is 3.24. The summed E-state index contributed by atoms with van der Waals surface area (Å²) >= 11 is 0. The maximum atomic E-state index is 12.0. The van der Waals surface area contributed by atoms with Crippen molar-refractivity contribution in [3.05, 3.63) is 58.7 Å². The normalized spacial score (nSPS) is 10.2. The monoisotopic (exact) mass is 268 g/mol. The van der Waals surface area contributed by atoms with Crippen molar-refractivity contribution in [1.29, 1.82) is 0 Å². The SMILES string of the molecule is Cc1cc(C)cc(NC(=O)Nc2ccc(C)c(C)c2)c1. The molecule has 0 aromatic heterocycles. The summed E-state index contributed by atoms with van der Waals surface area (Å²) in [5.74, 6) is 0. The van der Waals surface area contributed by atoms with Crippen molar-refractivity contribution in [2.24, 2.45) is 0 Å². The van der Waals surface area contributed by atoms with Gasteiger partial charge in [-0.25, -0.2) is 4.79 Å². The van der Waals surface area contributed by atoms with Crippen LogP contribution in [0.1, 0.15) is 22.3 Å². The third kappa shape index (κ3) is 3.60. The first-order chi connectivity index (χ1) is 9.44. The summed E-state index contributed by atoms with van der Waals surface area (Å²) < 4.78 is 0. The molecule has 20 heavy (non-hydrogen) atoms. The molecular weight excluding hydrogens is 248 g/mol. The highest BCUT2D eigenvalue weighted by atomic mass is 16.2. The lowest BCUT2D eigenvalue weighted by Crippen LogP contribution is -2.19. The van der Waals surface area contributed by atoms with Crippen LogP contribution in [-0.2, 0) is 0 Å². The molecule has 104 valence electrons. The molecule has 0 radical (unpaired) electrons. The van der Waals surface area contributed by atoms with Crippen LogP contribution in [0.5, 0.6) is 0 Å². The highest BCUT2D eigenvalue weighted by Gasteiger charge is 2.04. The van der Waals surface area contributed by atoms with E-state index in [1.54, 1.807) is 0 Å². The van der Waals surface area contributed by atoms with E-state index in [-0.39, 0.29) is 6.03 Å². The fourth-order valence-electron chi connectivity index (χ4n) is 2.16. The summed E-state index contributed by atoms with van der Waals surface area (Å²) in [6.07, 6.45) is 0. The lowest BCUT2D eigenvalue weighted by molar-refractivity contribution is 0.262. The zero-order valence-electron chi connectivity index (χ0n) is 12.4. The molecule has 2 N–H and O–H groups in total. The van der Waals surface area contributed by atoms with Gasteiger partial charge in [-0.1, -0.05) is 12.1 Å². The smallest absolute Gasteiger partial charge is 0.308 e. The van der Waals surface area contributed by atoms with Gasteiger partial charge in [0.15, 0.2) is 0 Å². The number of anilines is 2. The van der Waals surface area contributed by atoms with E-state index < -0.39 is 0 Å². The van der Waals surface area contributed by atoms with Gasteiger partial charge in [0.1, 0.15) is 0 Å². The van der Waals surface area contributed by atoms with Crippen LogP contribution >= 0.6 is 0 Å². The maximum Gasteiger partial charge on any atom is 0.323 e. The van der Waals surface area contributed by atoms with Crippen molar-refractivity contribution in [3.63, 3.8) is 0 Å². The molecule has 2 aromatic carbocycles. The van der Waals surface area contributed by atoms with Crippen molar-refractivity contribution < 1.29 is 4.79 Å². The molecule has 2 rings (SSSR count). The largest absolute Gasteiger partial charge is 0.323 e. The number of nitrogens with one attached hydrogen (secondary N) is 2. The van der Waals surface area contributed by atoms with Crippen molar-refractivity contribution in [1.82, 2.24) is 0 Å². The van der Waals surface area contributed by atoms with E-state index in [4.69, 9.17) is 0 Å². The Morgan fingerprint density at radius 3 is 1.95 bits per heavy atom. The van der Waals surface area contributed by atoms with Gasteiger partial charge >= 0.3 is 6.03 Å². The minimum atomic E-state index is -0.224. The number of urea groups is 1. The van der Waals surface area contributed by atoms with Crippen LogP contribution in [-0.4, -0.2) is 6.03 Å². The average molecular weight is 268 g/mol. The number of hydrogen-bond acceptors (Lipinski definition) is 1. The zero-order chi connectivity index (χ0) is 14.7. The molecule has 3 nitrogen and oxygen atoms in total. The molecule has 0 saturated carbocycles. The molecular formula is C17H20N2O. The van der Waals surface area contributed by atoms with E-state index in [1.807, 2.05) is 51.1 Å². The number of rotatable bonds is 2. The van der Waals surface area contributed by atoms with Crippen LogP contribution in [0.15, 0.2) is 36.4 Å². The predicted molar refractivity (Wildman–Crippen MR) is 84.5 cm³/mol. The highest BCUT2D eigenvalue weighted by Crippen LogP contribution is 2.16. The van der Waals surface area contributed by atoms with Gasteiger partial charge in [-0.2, -0.15) is 0 Å². The average Bonchev–Trinajstić information content (AvgIpc) is 2.32. The quantitative estimate of drug-likeness (QED) is 0.823. The fraction of sp³-hybridized carbons (Fsp3) is 0.235. The van der Waals surface area contributed by atoms with Gasteiger partial charge in [-0.15, -0.1) is 0 Å². The Morgan fingerprint density at radius 1 is 0.750 bits per heavy atom. The second kappa shape index (κ2) is 5.78. The van der Waals surface area contributed by atoms with Gasteiger partial charge in [0.2, 0.25) is 0 Å². The Hall–Kier alpha value is -2.29. The molecule has 0 heterocycles. The second-order valence-electron chi connectivity index (χ2n) is 5.25. The second-order valence-corrected chi connectivity index (χ2v) is 5.25. The summed E-state index contributed by atoms with van der Waals surface area (Å²) in [5.41, 5.74) is 6.25. The number of hydrogen-bond donors (Lipinski definition) is 2. The van der Waals surface area contributed by atoms with Crippen molar-refractivity contribution in [2.45, 2.75) is 27.7 Å². The van der Waals surface area contributed by atoms with Crippen molar-refractivity contribution in [2.75, 3.05) is 10.6 Å². The molecule has 3 heteroatoms. The Morgan fingerprint density at radius 2 is 1.35 bits per heavy atom. The van der Waals surface area contributed by atoms with Gasteiger partial charge in [-0.05, 0) is 74.2 Å². The summed E-state index contributed by atoms with van der Waals surface area (Å²) in [6, 6.07) is 11.6. The number of carbonyl (C=O) groups is 1. The van der Waals surface area contributed by atoms with Crippen molar-refractivity contribution >= 4 is 17.4 Å². The molecule has 0 bridgehead atoms. The first-order valence-electron chi connectivity index (χ1n) is 6.67. The molecule has 0 unspecified atom stereocenters. The van der Waals surface area contributed by atoms with E-state index in [1.165, 1.54) is 5.56 Å². The predicted octanol–water partition coefficient (Wildman–Crippen LogP) is 4.56. The Labute approximate surface area is 120 Å². The third-order valence-electron chi connectivity index (χ3n) is 3.24. The van der Waals surface area contributed by atoms with E-state index in [0.717, 1.165) is 28.1 Å². The van der Waals surface area contributed by atoms with E-state index in [9.17, 15) is 4.79 Å². The fourth-order valence-corrected chi connectivity index (χ4v) is 2.16. The lowest BCUT2D eigenvalue weighted by atomic mass is 10.1. The van der Waals surface area contributed by atoms with E-state index in [2.05, 4.69) is 23.6 Å². The molecule has 0 fully saturated rings. The Kier molecular flexibility index (Phi) is 4.08. The van der Waals surface area contributed by atoms with Crippen LogP contribution in [0.25, 0.3) is 0 Å². The van der Waals surface area contributed by atoms with Gasteiger partial charge in [-0.3, -0.25) is 0 Å². The van der Waals surface area contributed by atoms with Crippen LogP contribution in [0.2, 0.25) is 0 Å². The molecule has 0 spiro atoms. The number of aryl methyl sites for hydroxylation is 4. The lowest BCUT2D eigenvalue weighted by Gasteiger charge is -2.10. The molecule has 2 aromatic rings. The van der Waals surface area contributed by atoms with Crippen LogP contribution in [0, 0.1) is 27.7 Å². The van der Waals surface area contributed by atoms with Crippen LogP contribution in [0.4, 0.5) is 16.2 Å². The van der Waals surface area contributed by atoms with Crippen molar-refractivity contribution in [3.8, 4) is 0 Å². The molecule has 2 amide bonds. The topological polar surface area (TPSA) is 41.1 Å². The maximum absolute atomic E-state index is 12.0. The summed E-state index contributed by atoms with van der Waals surface area (Å²) in [7, 11) is 0. The molecule has 0 aliphatic carbocycles. The van der Waals surface area contributed by atoms with Gasteiger partial charge in [0.05, 0.1) is 0 Å². The van der Waals surface area contributed by atoms with Crippen LogP contribution < -0.4 is 10.6 Å². The first kappa shape index (κ1) is 14.1. The number of benzene rings is 2. The number of amides is 2. The van der Waals surface area contributed by atoms with E-state index in [0.29, 0.717) is 0 Å². The minimum Gasteiger partial charge on any atom is -0.308 e. The summed E-state index contributed by atoms with van der Waals surface area (Å²) in [4.78, 5) is 12.0. The molecule has 0 aliphatic rings. The first-order valence-corrected chi connectivity index (χ1v) is 6.67. The zero-order valence-corrected chi connectivity index (χ0v) is 12.4. The highest BCUT2D eigenvalue weighted by molar-refractivity contribution is 5.99. The van der Waals surface area contributed by atoms with Gasteiger partial charge < -0.3 is 10.6 Å². The standard InChI is InChI=1S/C17H20N2O/c1-11-7-12(2)9-16(8-11)19-17(20)18-15-6-5-13(3)14(4)10-15/h5-10H,1-4H3,(H2,18,19,20). The summed E-state index contributed by atoms with van der Waals surface area (Å²) in [5, 5.41) is 5.70. The van der Waals surface area contributed by atoms with Crippen LogP contribution in [0.3, 0.4) is 0 Å². The molecule has 0 aliphatic heterocycles. The van der Waals surface area contributed by atoms with Gasteiger partial charge in [0, 0.05) is 11.4 Å². The number of carbonyl (C=O) groups excluding carboxylic acids is 1. The molecule has 0 saturated heterocycles. The summed E-state index contributed by atoms with van der Waals surface area (Å²) in [6.45, 7) is 8.11. The Balaban J connectivity index is 2.06. The Bertz CT molecular complexity index is 627. The van der Waals surface area contributed by atoms with E-state index >= 15 is 0 Å². The minimum absolute atomic E-state index is 0.224. The molecule has 0 atom stereocenters.